The van der Waals surface area contributed by atoms with Crippen LogP contribution in [-0.4, -0.2) is 22.7 Å². The van der Waals surface area contributed by atoms with Gasteiger partial charge in [-0.05, 0) is 12.0 Å². The lowest BCUT2D eigenvalue weighted by molar-refractivity contribution is -0.384. The van der Waals surface area contributed by atoms with Crippen molar-refractivity contribution in [3.05, 3.63) is 39.9 Å². The maximum absolute atomic E-state index is 10.4. The zero-order valence-electron chi connectivity index (χ0n) is 9.22. The Hall–Kier alpha value is -1.46. The van der Waals surface area contributed by atoms with Gasteiger partial charge in [0, 0.05) is 24.7 Å². The summed E-state index contributed by atoms with van der Waals surface area (Å²) in [7, 11) is 0. The second-order valence-corrected chi connectivity index (χ2v) is 3.59. The van der Waals surface area contributed by atoms with Gasteiger partial charge in [0.15, 0.2) is 0 Å². The molecular formula is C11H16N2O3. The van der Waals surface area contributed by atoms with Crippen molar-refractivity contribution in [3.63, 3.8) is 0 Å². The number of nitrogens with one attached hydrogen (secondary N) is 1. The highest BCUT2D eigenvalue weighted by Gasteiger charge is 2.06. The fourth-order valence-corrected chi connectivity index (χ4v) is 1.34. The minimum Gasteiger partial charge on any atom is -0.395 e. The summed E-state index contributed by atoms with van der Waals surface area (Å²) in [6.45, 7) is 2.70. The molecule has 0 saturated heterocycles. The number of nitro groups is 1. The molecule has 1 aromatic rings. The van der Waals surface area contributed by atoms with E-state index in [2.05, 4.69) is 5.32 Å². The van der Waals surface area contributed by atoms with Gasteiger partial charge in [0.05, 0.1) is 11.5 Å². The lowest BCUT2D eigenvalue weighted by Gasteiger charge is -2.13. The summed E-state index contributed by atoms with van der Waals surface area (Å²) in [6, 6.07) is 6.48. The van der Waals surface area contributed by atoms with Gasteiger partial charge in [-0.25, -0.2) is 0 Å². The van der Waals surface area contributed by atoms with E-state index in [1.54, 1.807) is 12.1 Å². The van der Waals surface area contributed by atoms with Crippen LogP contribution in [0.3, 0.4) is 0 Å². The monoisotopic (exact) mass is 224 g/mol. The van der Waals surface area contributed by atoms with Crippen LogP contribution in [0.5, 0.6) is 0 Å². The molecule has 0 saturated carbocycles. The molecule has 0 aromatic heterocycles. The highest BCUT2D eigenvalue weighted by atomic mass is 16.6. The molecule has 0 bridgehead atoms. The summed E-state index contributed by atoms with van der Waals surface area (Å²) in [5.41, 5.74) is 1.07. The largest absolute Gasteiger partial charge is 0.395 e. The smallest absolute Gasteiger partial charge is 0.269 e. The molecule has 1 rings (SSSR count). The summed E-state index contributed by atoms with van der Waals surface area (Å²) >= 11 is 0. The molecular weight excluding hydrogens is 208 g/mol. The van der Waals surface area contributed by atoms with Crippen LogP contribution in [0, 0.1) is 10.1 Å². The van der Waals surface area contributed by atoms with Crippen molar-refractivity contribution in [2.75, 3.05) is 6.61 Å². The van der Waals surface area contributed by atoms with E-state index in [4.69, 9.17) is 5.11 Å². The van der Waals surface area contributed by atoms with Gasteiger partial charge in [0.1, 0.15) is 0 Å². The molecule has 5 heteroatoms. The second kappa shape index (κ2) is 6.19. The zero-order valence-corrected chi connectivity index (χ0v) is 9.22. The second-order valence-electron chi connectivity index (χ2n) is 3.59. The molecule has 0 radical (unpaired) electrons. The molecule has 0 heterocycles. The van der Waals surface area contributed by atoms with E-state index < -0.39 is 4.92 Å². The maximum atomic E-state index is 10.4. The molecule has 0 spiro atoms. The highest BCUT2D eigenvalue weighted by molar-refractivity contribution is 5.32. The van der Waals surface area contributed by atoms with Crippen LogP contribution in [0.25, 0.3) is 0 Å². The lowest BCUT2D eigenvalue weighted by Crippen LogP contribution is -2.31. The minimum absolute atomic E-state index is 0.0789. The fraction of sp³-hybridized carbons (Fsp3) is 0.455. The van der Waals surface area contributed by atoms with Crippen molar-refractivity contribution >= 4 is 5.69 Å². The Kier molecular flexibility index (Phi) is 4.88. The minimum atomic E-state index is -0.417. The highest BCUT2D eigenvalue weighted by Crippen LogP contribution is 2.11. The molecule has 88 valence electrons. The number of benzene rings is 1. The first-order valence-corrected chi connectivity index (χ1v) is 5.25. The van der Waals surface area contributed by atoms with Gasteiger partial charge in [0.25, 0.3) is 5.69 Å². The standard InChI is InChI=1S/C11H16N2O3/c1-2-10(8-14)12-7-9-3-5-11(6-4-9)13(15)16/h3-6,10,12,14H,2,7-8H2,1H3/t10-/m0/s1. The van der Waals surface area contributed by atoms with E-state index >= 15 is 0 Å². The number of hydrogen-bond acceptors (Lipinski definition) is 4. The van der Waals surface area contributed by atoms with Crippen molar-refractivity contribution in [2.45, 2.75) is 25.9 Å². The van der Waals surface area contributed by atoms with Crippen molar-refractivity contribution in [2.24, 2.45) is 0 Å². The Morgan fingerprint density at radius 3 is 2.50 bits per heavy atom. The summed E-state index contributed by atoms with van der Waals surface area (Å²) in [6.07, 6.45) is 0.851. The average Bonchev–Trinajstić information content (AvgIpc) is 2.31. The van der Waals surface area contributed by atoms with Gasteiger partial charge in [0.2, 0.25) is 0 Å². The molecule has 0 unspecified atom stereocenters. The Balaban J connectivity index is 2.52. The molecule has 0 aliphatic heterocycles. The quantitative estimate of drug-likeness (QED) is 0.566. The fourth-order valence-electron chi connectivity index (χ4n) is 1.34. The van der Waals surface area contributed by atoms with Crippen LogP contribution >= 0.6 is 0 Å². The number of non-ortho nitro benzene ring substituents is 1. The Labute approximate surface area is 94.3 Å². The Bertz CT molecular complexity index is 334. The van der Waals surface area contributed by atoms with Crippen molar-refractivity contribution in [3.8, 4) is 0 Å². The first-order chi connectivity index (χ1) is 7.67. The predicted molar refractivity (Wildman–Crippen MR) is 61.1 cm³/mol. The van der Waals surface area contributed by atoms with Crippen molar-refractivity contribution in [1.82, 2.24) is 5.32 Å². The van der Waals surface area contributed by atoms with E-state index in [9.17, 15) is 10.1 Å². The molecule has 0 aliphatic carbocycles. The van der Waals surface area contributed by atoms with E-state index in [0.29, 0.717) is 6.54 Å². The molecule has 5 nitrogen and oxygen atoms in total. The third-order valence-corrected chi connectivity index (χ3v) is 2.46. The topological polar surface area (TPSA) is 75.4 Å². The number of aliphatic hydroxyl groups excluding tert-OH is 1. The van der Waals surface area contributed by atoms with Gasteiger partial charge in [-0.1, -0.05) is 19.1 Å². The summed E-state index contributed by atoms with van der Waals surface area (Å²) < 4.78 is 0. The van der Waals surface area contributed by atoms with Gasteiger partial charge >= 0.3 is 0 Å². The third kappa shape index (κ3) is 3.60. The first-order valence-electron chi connectivity index (χ1n) is 5.25. The van der Waals surface area contributed by atoms with Crippen molar-refractivity contribution in [1.29, 1.82) is 0 Å². The van der Waals surface area contributed by atoms with Crippen LogP contribution in [0.1, 0.15) is 18.9 Å². The van der Waals surface area contributed by atoms with Crippen LogP contribution in [-0.2, 0) is 6.54 Å². The van der Waals surface area contributed by atoms with E-state index in [0.717, 1.165) is 12.0 Å². The Morgan fingerprint density at radius 2 is 2.06 bits per heavy atom. The molecule has 0 fully saturated rings. The lowest BCUT2D eigenvalue weighted by atomic mass is 10.2. The molecule has 0 amide bonds. The molecule has 2 N–H and O–H groups in total. The van der Waals surface area contributed by atoms with E-state index in [1.165, 1.54) is 12.1 Å². The molecule has 1 atom stereocenters. The van der Waals surface area contributed by atoms with Crippen molar-refractivity contribution < 1.29 is 10.0 Å². The normalized spacial score (nSPS) is 12.4. The van der Waals surface area contributed by atoms with E-state index in [1.807, 2.05) is 6.92 Å². The van der Waals surface area contributed by atoms with Gasteiger partial charge in [-0.15, -0.1) is 0 Å². The van der Waals surface area contributed by atoms with Gasteiger partial charge < -0.3 is 10.4 Å². The van der Waals surface area contributed by atoms with Crippen LogP contribution in [0.2, 0.25) is 0 Å². The third-order valence-electron chi connectivity index (χ3n) is 2.46. The van der Waals surface area contributed by atoms with E-state index in [-0.39, 0.29) is 18.3 Å². The molecule has 0 aliphatic rings. The number of nitrogens with zero attached hydrogens (tertiary/aromatic N) is 1. The zero-order chi connectivity index (χ0) is 12.0. The van der Waals surface area contributed by atoms with Crippen LogP contribution < -0.4 is 5.32 Å². The number of aliphatic hydroxyl groups is 1. The average molecular weight is 224 g/mol. The maximum Gasteiger partial charge on any atom is 0.269 e. The number of hydrogen-bond donors (Lipinski definition) is 2. The summed E-state index contributed by atoms with van der Waals surface area (Å²) in [5.74, 6) is 0. The number of rotatable bonds is 6. The van der Waals surface area contributed by atoms with Crippen LogP contribution in [0.15, 0.2) is 24.3 Å². The SMILES string of the molecule is CC[C@@H](CO)NCc1ccc([N+](=O)[O-])cc1. The number of nitro benzene ring substituents is 1. The van der Waals surface area contributed by atoms with Crippen LogP contribution in [0.4, 0.5) is 5.69 Å². The molecule has 1 aromatic carbocycles. The Morgan fingerprint density at radius 1 is 1.44 bits per heavy atom. The van der Waals surface area contributed by atoms with Gasteiger partial charge in [-0.3, -0.25) is 10.1 Å². The predicted octanol–water partition coefficient (Wildman–Crippen LogP) is 1.46. The molecule has 16 heavy (non-hydrogen) atoms. The first kappa shape index (κ1) is 12.6. The van der Waals surface area contributed by atoms with Gasteiger partial charge in [-0.2, -0.15) is 0 Å². The summed E-state index contributed by atoms with van der Waals surface area (Å²) in [4.78, 5) is 10.0. The summed E-state index contributed by atoms with van der Waals surface area (Å²) in [5, 5.41) is 22.6.